The molecule has 0 bridgehead atoms. The van der Waals surface area contributed by atoms with Gasteiger partial charge in [0.25, 0.3) is 5.91 Å². The van der Waals surface area contributed by atoms with Gasteiger partial charge in [-0.25, -0.2) is 14.5 Å². The van der Waals surface area contributed by atoms with Crippen LogP contribution in [-0.4, -0.2) is 61.6 Å². The van der Waals surface area contributed by atoms with E-state index in [0.717, 1.165) is 4.90 Å². The maximum absolute atomic E-state index is 13.1. The lowest BCUT2D eigenvalue weighted by Crippen LogP contribution is -2.39. The van der Waals surface area contributed by atoms with E-state index in [2.05, 4.69) is 5.32 Å². The Kier molecular flexibility index (Phi) is 7.56. The summed E-state index contributed by atoms with van der Waals surface area (Å²) in [5, 5.41) is 2.69. The topological polar surface area (TPSA) is 105 Å². The molecule has 1 aliphatic heterocycles. The second-order valence-corrected chi connectivity index (χ2v) is 7.05. The summed E-state index contributed by atoms with van der Waals surface area (Å²) in [6.45, 7) is 2.34. The third kappa shape index (κ3) is 5.12. The van der Waals surface area contributed by atoms with Crippen molar-refractivity contribution < 1.29 is 28.7 Å². The predicted molar refractivity (Wildman–Crippen MR) is 117 cm³/mol. The molecular formula is C23H25N3O6. The van der Waals surface area contributed by atoms with Crippen molar-refractivity contribution in [1.82, 2.24) is 4.90 Å². The number of hydrogen-bond acceptors (Lipinski definition) is 6. The predicted octanol–water partition coefficient (Wildman–Crippen LogP) is 2.68. The van der Waals surface area contributed by atoms with Crippen LogP contribution in [0.5, 0.6) is 0 Å². The van der Waals surface area contributed by atoms with E-state index in [-0.39, 0.29) is 26.2 Å². The normalized spacial score (nSPS) is 15.8. The summed E-state index contributed by atoms with van der Waals surface area (Å²) >= 11 is 0. The van der Waals surface area contributed by atoms with E-state index in [1.54, 1.807) is 55.5 Å². The van der Waals surface area contributed by atoms with E-state index in [4.69, 9.17) is 9.47 Å². The van der Waals surface area contributed by atoms with Crippen LogP contribution in [0.25, 0.3) is 0 Å². The number of para-hydroxylation sites is 1. The van der Waals surface area contributed by atoms with E-state index >= 15 is 0 Å². The minimum Gasteiger partial charge on any atom is -0.462 e. The first kappa shape index (κ1) is 23.0. The Morgan fingerprint density at radius 1 is 1.06 bits per heavy atom. The first-order valence-electron chi connectivity index (χ1n) is 10.2. The molecule has 4 amide bonds. The van der Waals surface area contributed by atoms with Gasteiger partial charge < -0.3 is 19.7 Å². The minimum absolute atomic E-state index is 0.167. The van der Waals surface area contributed by atoms with Gasteiger partial charge in [0.05, 0.1) is 30.9 Å². The molecule has 0 aliphatic carbocycles. The molecule has 1 N–H and O–H groups in total. The summed E-state index contributed by atoms with van der Waals surface area (Å²) < 4.78 is 10.0. The summed E-state index contributed by atoms with van der Waals surface area (Å²) in [6.07, 6.45) is -0.235. The molecule has 0 saturated carbocycles. The molecule has 9 nitrogen and oxygen atoms in total. The van der Waals surface area contributed by atoms with Crippen molar-refractivity contribution in [3.05, 3.63) is 60.2 Å². The number of esters is 1. The highest BCUT2D eigenvalue weighted by Gasteiger charge is 2.46. The summed E-state index contributed by atoms with van der Waals surface area (Å²) in [5.41, 5.74) is 1.13. The summed E-state index contributed by atoms with van der Waals surface area (Å²) in [4.78, 5) is 53.1. The highest BCUT2D eigenvalue weighted by Crippen LogP contribution is 2.27. The maximum atomic E-state index is 13.1. The van der Waals surface area contributed by atoms with Crippen LogP contribution in [0, 0.1) is 0 Å². The van der Waals surface area contributed by atoms with E-state index in [9.17, 15) is 19.2 Å². The summed E-state index contributed by atoms with van der Waals surface area (Å²) in [5.74, 6) is -1.44. The standard InChI is InChI=1S/C23H25N3O6/c1-3-32-22(29)16-8-7-9-17(14-16)24-20(27)15-19-21(28)26(18-10-5-4-6-11-18)23(30)25(19)12-13-31-2/h4-11,14,19H,3,12-13,15H2,1-2H3,(H,24,27)/t19-/m1/s1. The number of urea groups is 1. The third-order valence-electron chi connectivity index (χ3n) is 4.91. The van der Waals surface area contributed by atoms with Gasteiger partial charge in [-0.3, -0.25) is 9.59 Å². The molecule has 168 valence electrons. The first-order valence-corrected chi connectivity index (χ1v) is 10.2. The third-order valence-corrected chi connectivity index (χ3v) is 4.91. The van der Waals surface area contributed by atoms with Gasteiger partial charge in [-0.2, -0.15) is 0 Å². The lowest BCUT2D eigenvalue weighted by atomic mass is 10.1. The number of benzene rings is 2. The van der Waals surface area contributed by atoms with Crippen LogP contribution < -0.4 is 10.2 Å². The summed E-state index contributed by atoms with van der Waals surface area (Å²) in [6, 6.07) is 13.4. The highest BCUT2D eigenvalue weighted by molar-refractivity contribution is 6.22. The van der Waals surface area contributed by atoms with Gasteiger partial charge in [0.1, 0.15) is 6.04 Å². The second kappa shape index (κ2) is 10.5. The fourth-order valence-corrected chi connectivity index (χ4v) is 3.42. The van der Waals surface area contributed by atoms with Crippen molar-refractivity contribution in [2.75, 3.05) is 37.1 Å². The number of carbonyl (C=O) groups is 4. The second-order valence-electron chi connectivity index (χ2n) is 7.05. The van der Waals surface area contributed by atoms with Gasteiger partial charge in [-0.1, -0.05) is 24.3 Å². The number of anilines is 2. The van der Waals surface area contributed by atoms with Crippen molar-refractivity contribution in [2.45, 2.75) is 19.4 Å². The van der Waals surface area contributed by atoms with Crippen molar-refractivity contribution in [1.29, 1.82) is 0 Å². The van der Waals surface area contributed by atoms with Gasteiger partial charge >= 0.3 is 12.0 Å². The number of rotatable bonds is 9. The van der Waals surface area contributed by atoms with Gasteiger partial charge in [0, 0.05) is 19.3 Å². The fraction of sp³-hybridized carbons (Fsp3) is 0.304. The van der Waals surface area contributed by atoms with Crippen molar-refractivity contribution in [3.8, 4) is 0 Å². The minimum atomic E-state index is -0.967. The molecule has 9 heteroatoms. The zero-order valence-electron chi connectivity index (χ0n) is 17.9. The van der Waals surface area contributed by atoms with E-state index in [1.165, 1.54) is 18.1 Å². The fourth-order valence-electron chi connectivity index (χ4n) is 3.42. The van der Waals surface area contributed by atoms with Crippen molar-refractivity contribution >= 4 is 35.2 Å². The number of hydrogen-bond donors (Lipinski definition) is 1. The van der Waals surface area contributed by atoms with E-state index < -0.39 is 29.9 Å². The molecule has 0 spiro atoms. The van der Waals surface area contributed by atoms with Crippen LogP contribution in [-0.2, 0) is 19.1 Å². The molecule has 1 saturated heterocycles. The number of imide groups is 1. The number of methoxy groups -OCH3 is 1. The van der Waals surface area contributed by atoms with Gasteiger partial charge in [0.2, 0.25) is 5.91 Å². The molecule has 1 heterocycles. The van der Waals surface area contributed by atoms with Crippen molar-refractivity contribution in [2.24, 2.45) is 0 Å². The Morgan fingerprint density at radius 2 is 1.81 bits per heavy atom. The lowest BCUT2D eigenvalue weighted by Gasteiger charge is -2.21. The summed E-state index contributed by atoms with van der Waals surface area (Å²) in [7, 11) is 1.50. The molecule has 1 aliphatic rings. The molecule has 0 aromatic heterocycles. The molecule has 1 atom stereocenters. The molecule has 3 rings (SSSR count). The molecular weight excluding hydrogens is 414 g/mol. The smallest absolute Gasteiger partial charge is 0.338 e. The number of amides is 4. The zero-order chi connectivity index (χ0) is 23.1. The first-order chi connectivity index (χ1) is 15.5. The molecule has 2 aromatic rings. The largest absolute Gasteiger partial charge is 0.462 e. The monoisotopic (exact) mass is 439 g/mol. The Hall–Kier alpha value is -3.72. The average molecular weight is 439 g/mol. The van der Waals surface area contributed by atoms with Crippen LogP contribution >= 0.6 is 0 Å². The molecule has 1 fully saturated rings. The number of nitrogens with zero attached hydrogens (tertiary/aromatic N) is 2. The lowest BCUT2D eigenvalue weighted by molar-refractivity contribution is -0.124. The van der Waals surface area contributed by atoms with E-state index in [1.807, 2.05) is 0 Å². The van der Waals surface area contributed by atoms with Crippen LogP contribution in [0.15, 0.2) is 54.6 Å². The SMILES string of the molecule is CCOC(=O)c1cccc(NC(=O)C[C@@H]2C(=O)N(c3ccccc3)C(=O)N2CCOC)c1. The Morgan fingerprint density at radius 3 is 2.50 bits per heavy atom. The molecule has 32 heavy (non-hydrogen) atoms. The zero-order valence-corrected chi connectivity index (χ0v) is 17.9. The molecule has 0 unspecified atom stereocenters. The molecule has 2 aromatic carbocycles. The number of ether oxygens (including phenoxy) is 2. The highest BCUT2D eigenvalue weighted by atomic mass is 16.5. The van der Waals surface area contributed by atoms with Crippen LogP contribution in [0.4, 0.5) is 16.2 Å². The van der Waals surface area contributed by atoms with Gasteiger partial charge in [-0.15, -0.1) is 0 Å². The Balaban J connectivity index is 1.76. The average Bonchev–Trinajstić information content (AvgIpc) is 3.02. The Labute approximate surface area is 185 Å². The number of carbonyl (C=O) groups excluding carboxylic acids is 4. The van der Waals surface area contributed by atoms with Gasteiger partial charge in [-0.05, 0) is 37.3 Å². The Bertz CT molecular complexity index is 994. The van der Waals surface area contributed by atoms with Crippen LogP contribution in [0.3, 0.4) is 0 Å². The van der Waals surface area contributed by atoms with Crippen LogP contribution in [0.1, 0.15) is 23.7 Å². The van der Waals surface area contributed by atoms with Crippen molar-refractivity contribution in [3.63, 3.8) is 0 Å². The van der Waals surface area contributed by atoms with E-state index in [0.29, 0.717) is 16.9 Å². The number of nitrogens with one attached hydrogen (secondary N) is 1. The maximum Gasteiger partial charge on any atom is 0.338 e. The molecule has 0 radical (unpaired) electrons. The van der Waals surface area contributed by atoms with Crippen LogP contribution in [0.2, 0.25) is 0 Å². The van der Waals surface area contributed by atoms with Gasteiger partial charge in [0.15, 0.2) is 0 Å². The quantitative estimate of drug-likeness (QED) is 0.476.